The minimum absolute atomic E-state index is 0.0935. The minimum Gasteiger partial charge on any atom is -0.470 e. The van der Waals surface area contributed by atoms with Crippen LogP contribution >= 0.6 is 0 Å². The van der Waals surface area contributed by atoms with E-state index >= 15 is 0 Å². The van der Waals surface area contributed by atoms with Gasteiger partial charge < -0.3 is 14.2 Å². The quantitative estimate of drug-likeness (QED) is 0.167. The van der Waals surface area contributed by atoms with Gasteiger partial charge in [-0.1, -0.05) is 49.4 Å². The van der Waals surface area contributed by atoms with Crippen molar-refractivity contribution >= 4 is 40.6 Å². The second-order valence-electron chi connectivity index (χ2n) is 13.1. The van der Waals surface area contributed by atoms with Crippen LogP contribution in [-0.4, -0.2) is 62.4 Å². The van der Waals surface area contributed by atoms with E-state index in [1.165, 1.54) is 0 Å². The van der Waals surface area contributed by atoms with Crippen molar-refractivity contribution in [3.8, 4) is 5.88 Å². The van der Waals surface area contributed by atoms with Crippen LogP contribution < -0.4 is 9.64 Å². The van der Waals surface area contributed by atoms with Crippen LogP contribution in [0.4, 0.5) is 5.69 Å². The molecule has 1 heterocycles. The summed E-state index contributed by atoms with van der Waals surface area (Å²) in [4.78, 5) is 56.6. The van der Waals surface area contributed by atoms with Gasteiger partial charge in [-0.15, -0.1) is 0 Å². The lowest BCUT2D eigenvalue weighted by Gasteiger charge is -2.45. The third-order valence-electron chi connectivity index (χ3n) is 9.98. The summed E-state index contributed by atoms with van der Waals surface area (Å²) in [5.74, 6) is -1.47. The molecule has 0 amide bonds. The third-order valence-corrected chi connectivity index (χ3v) is 9.98. The largest absolute Gasteiger partial charge is 0.470 e. The average molecular weight is 622 g/mol. The van der Waals surface area contributed by atoms with Crippen molar-refractivity contribution in [2.75, 3.05) is 33.1 Å². The Morgan fingerprint density at radius 2 is 1.76 bits per heavy atom. The van der Waals surface area contributed by atoms with Gasteiger partial charge in [0, 0.05) is 42.2 Å². The molecule has 0 saturated heterocycles. The molecule has 9 nitrogen and oxygen atoms in total. The smallest absolute Gasteiger partial charge is 0.265 e. The van der Waals surface area contributed by atoms with Crippen LogP contribution in [-0.2, 0) is 17.8 Å². The lowest BCUT2D eigenvalue weighted by atomic mass is 9.59. The first-order chi connectivity index (χ1) is 22.1. The molecule has 238 valence electrons. The van der Waals surface area contributed by atoms with E-state index in [1.54, 1.807) is 6.07 Å². The molecule has 1 aromatic heterocycles. The van der Waals surface area contributed by atoms with Gasteiger partial charge in [-0.25, -0.2) is 0 Å². The van der Waals surface area contributed by atoms with E-state index in [2.05, 4.69) is 5.16 Å². The molecule has 46 heavy (non-hydrogen) atoms. The first-order valence-electron chi connectivity index (χ1n) is 15.6. The molecule has 2 aliphatic rings. The van der Waals surface area contributed by atoms with E-state index in [9.17, 15) is 19.2 Å². The molecule has 9 heteroatoms. The first-order valence-corrected chi connectivity index (χ1v) is 15.6. The minimum atomic E-state index is -0.757. The van der Waals surface area contributed by atoms with Crippen LogP contribution in [0, 0.1) is 30.6 Å². The second-order valence-corrected chi connectivity index (χ2v) is 13.1. The van der Waals surface area contributed by atoms with Crippen LogP contribution in [0.15, 0.2) is 53.1 Å². The van der Waals surface area contributed by atoms with Gasteiger partial charge in [-0.3, -0.25) is 24.1 Å². The molecule has 3 aromatic carbocycles. The van der Waals surface area contributed by atoms with Crippen molar-refractivity contribution in [3.63, 3.8) is 0 Å². The average Bonchev–Trinajstić information content (AvgIpc) is 3.44. The Labute approximate surface area is 268 Å². The van der Waals surface area contributed by atoms with Crippen molar-refractivity contribution < 1.29 is 28.4 Å². The summed E-state index contributed by atoms with van der Waals surface area (Å²) in [6.45, 7) is 4.02. The van der Waals surface area contributed by atoms with E-state index < -0.39 is 17.9 Å². The molecule has 0 radical (unpaired) electrons. The number of nitrogens with zero attached hydrogens (tertiary/aromatic N) is 3. The predicted molar refractivity (Wildman–Crippen MR) is 175 cm³/mol. The van der Waals surface area contributed by atoms with Gasteiger partial charge in [0.25, 0.3) is 5.88 Å². The van der Waals surface area contributed by atoms with Crippen molar-refractivity contribution in [2.45, 2.75) is 39.3 Å². The standard InChI is InChI=1S/C37H39N3O6/c1-20-26-14-23(17-41)12-13-25(26)32(39(3)4)28-16-24-15-27(21(2)34(43)31(24)35(44)30(20)28)33(40(5)6)36-29(18-42)37(38-46-36)45-19-22-10-8-7-9-11-22/h7-14,17-18,21,24,27,31,33H,15-16,19H2,1-6H3. The number of anilines is 1. The van der Waals surface area contributed by atoms with E-state index in [0.717, 1.165) is 39.4 Å². The zero-order chi connectivity index (χ0) is 32.9. The van der Waals surface area contributed by atoms with Crippen LogP contribution in [0.25, 0.3) is 10.8 Å². The maximum absolute atomic E-state index is 14.4. The maximum Gasteiger partial charge on any atom is 0.265 e. The number of aldehydes is 2. The fraction of sp³-hybridized carbons (Fsp3) is 0.378. The molecule has 0 bridgehead atoms. The highest BCUT2D eigenvalue weighted by Gasteiger charge is 2.52. The van der Waals surface area contributed by atoms with Gasteiger partial charge in [0.15, 0.2) is 17.8 Å². The lowest BCUT2D eigenvalue weighted by Crippen LogP contribution is -2.49. The van der Waals surface area contributed by atoms with Crippen molar-refractivity contribution in [1.82, 2.24) is 10.1 Å². The highest BCUT2D eigenvalue weighted by Crippen LogP contribution is 2.51. The van der Waals surface area contributed by atoms with Crippen molar-refractivity contribution in [2.24, 2.45) is 23.7 Å². The Morgan fingerprint density at radius 3 is 2.41 bits per heavy atom. The summed E-state index contributed by atoms with van der Waals surface area (Å²) in [6, 6.07) is 14.7. The number of hydrogen-bond donors (Lipinski definition) is 0. The fourth-order valence-corrected chi connectivity index (χ4v) is 7.88. The molecule has 0 spiro atoms. The van der Waals surface area contributed by atoms with Gasteiger partial charge in [0.1, 0.15) is 24.2 Å². The van der Waals surface area contributed by atoms with Crippen LogP contribution in [0.3, 0.4) is 0 Å². The molecule has 5 atom stereocenters. The molecular weight excluding hydrogens is 582 g/mol. The summed E-state index contributed by atoms with van der Waals surface area (Å²) in [7, 11) is 7.69. The van der Waals surface area contributed by atoms with Crippen molar-refractivity contribution in [3.05, 3.63) is 87.7 Å². The Balaban J connectivity index is 1.39. The van der Waals surface area contributed by atoms with E-state index in [-0.39, 0.29) is 41.5 Å². The Kier molecular flexibility index (Phi) is 8.37. The number of fused-ring (bicyclic) bond motifs is 3. The number of aromatic nitrogens is 1. The predicted octanol–water partition coefficient (Wildman–Crippen LogP) is 5.91. The number of ether oxygens (including phenoxy) is 1. The zero-order valence-electron chi connectivity index (χ0n) is 27.1. The third kappa shape index (κ3) is 5.12. The van der Waals surface area contributed by atoms with Crippen LogP contribution in [0.1, 0.15) is 72.9 Å². The molecular formula is C37H39N3O6. The van der Waals surface area contributed by atoms with Crippen LogP contribution in [0.5, 0.6) is 5.88 Å². The normalized spacial score (nSPS) is 21.5. The summed E-state index contributed by atoms with van der Waals surface area (Å²) in [6.07, 6.45) is 2.65. The zero-order valence-corrected chi connectivity index (χ0v) is 27.1. The number of rotatable bonds is 9. The molecule has 0 N–H and O–H groups in total. The number of carbonyl (C=O) groups is 4. The number of aryl methyl sites for hydroxylation is 1. The number of hydrogen-bond acceptors (Lipinski definition) is 9. The van der Waals surface area contributed by atoms with E-state index in [4.69, 9.17) is 9.26 Å². The SMILES string of the molecule is Cc1c2c(c(N(C)C)c3ccc(C=O)cc13)CC1CC(C(c3onc(OCc4ccccc4)c3C=O)N(C)C)C(C)C(=O)C1C2=O. The Morgan fingerprint density at radius 1 is 1.02 bits per heavy atom. The fourth-order valence-electron chi connectivity index (χ4n) is 7.88. The molecule has 5 unspecified atom stereocenters. The summed E-state index contributed by atoms with van der Waals surface area (Å²) < 4.78 is 11.7. The summed E-state index contributed by atoms with van der Waals surface area (Å²) in [5.41, 5.74) is 4.97. The summed E-state index contributed by atoms with van der Waals surface area (Å²) >= 11 is 0. The summed E-state index contributed by atoms with van der Waals surface area (Å²) in [5, 5.41) is 5.94. The monoisotopic (exact) mass is 621 g/mol. The highest BCUT2D eigenvalue weighted by atomic mass is 16.5. The van der Waals surface area contributed by atoms with Crippen LogP contribution in [0.2, 0.25) is 0 Å². The molecule has 6 rings (SSSR count). The Bertz CT molecular complexity index is 1840. The lowest BCUT2D eigenvalue weighted by molar-refractivity contribution is -0.133. The van der Waals surface area contributed by atoms with Gasteiger partial charge in [-0.2, -0.15) is 0 Å². The second kappa shape index (κ2) is 12.3. The molecule has 4 aromatic rings. The van der Waals surface area contributed by atoms with Gasteiger partial charge >= 0.3 is 0 Å². The number of carbonyl (C=O) groups excluding carboxylic acids is 4. The molecule has 1 fully saturated rings. The van der Waals surface area contributed by atoms with E-state index in [0.29, 0.717) is 36.0 Å². The van der Waals surface area contributed by atoms with Gasteiger partial charge in [-0.05, 0) is 79.0 Å². The highest BCUT2D eigenvalue weighted by molar-refractivity contribution is 6.18. The Hall–Kier alpha value is -4.63. The van der Waals surface area contributed by atoms with Crippen molar-refractivity contribution in [1.29, 1.82) is 0 Å². The number of benzene rings is 3. The number of Topliss-reactive ketones (excluding diaryl/α,β-unsaturated/α-hetero) is 2. The molecule has 1 saturated carbocycles. The van der Waals surface area contributed by atoms with Gasteiger partial charge in [0.05, 0.1) is 12.0 Å². The first kappa shape index (κ1) is 31.4. The van der Waals surface area contributed by atoms with Gasteiger partial charge in [0.2, 0.25) is 0 Å². The number of ketones is 2. The maximum atomic E-state index is 14.4. The topological polar surface area (TPSA) is 110 Å². The van der Waals surface area contributed by atoms with E-state index in [1.807, 2.05) is 94.3 Å². The molecule has 0 aliphatic heterocycles. The molecule has 2 aliphatic carbocycles.